The van der Waals surface area contributed by atoms with E-state index in [0.29, 0.717) is 0 Å². The van der Waals surface area contributed by atoms with E-state index in [1.54, 1.807) is 0 Å². The van der Waals surface area contributed by atoms with E-state index >= 15 is 0 Å². The van der Waals surface area contributed by atoms with Gasteiger partial charge in [0.2, 0.25) is 0 Å². The van der Waals surface area contributed by atoms with E-state index in [0.717, 1.165) is 15.1 Å². The molecule has 1 aliphatic heterocycles. The number of hydrogen-bond donors (Lipinski definition) is 0. The molecule has 0 spiro atoms. The van der Waals surface area contributed by atoms with Crippen LogP contribution < -0.4 is 4.90 Å². The molecule has 0 amide bonds. The molecular weight excluding hydrogens is 348 g/mol. The lowest BCUT2D eigenvalue weighted by atomic mass is 10.0. The van der Waals surface area contributed by atoms with Gasteiger partial charge in [0.25, 0.3) is 0 Å². The summed E-state index contributed by atoms with van der Waals surface area (Å²) in [6.45, 7) is 4.30. The molecule has 4 heteroatoms. The Morgan fingerprint density at radius 3 is 2.81 bits per heavy atom. The minimum atomic E-state index is 0.0979. The number of rotatable bonds is 2. The van der Waals surface area contributed by atoms with E-state index in [9.17, 15) is 0 Å². The summed E-state index contributed by atoms with van der Waals surface area (Å²) in [4.78, 5) is 6.93. The standard InChI is InChI=1S/C17H16BrClN2/c1-11(13-4-3-5-16(19)8-13)21-12(2)20-10-14-6-7-15(18)9-17(14)21/h3-12H,1-2H3/t11-,12?/m1/s1. The fourth-order valence-electron chi connectivity index (χ4n) is 2.77. The van der Waals surface area contributed by atoms with Crippen LogP contribution in [0.2, 0.25) is 5.02 Å². The molecule has 2 aromatic rings. The third kappa shape index (κ3) is 2.85. The Bertz CT molecular complexity index is 699. The smallest absolute Gasteiger partial charge is 0.118 e. The zero-order chi connectivity index (χ0) is 15.0. The van der Waals surface area contributed by atoms with Crippen LogP contribution in [0, 0.1) is 0 Å². The van der Waals surface area contributed by atoms with E-state index < -0.39 is 0 Å². The van der Waals surface area contributed by atoms with E-state index in [2.05, 4.69) is 57.9 Å². The van der Waals surface area contributed by atoms with Gasteiger partial charge in [0.15, 0.2) is 0 Å². The first-order valence-corrected chi connectivity index (χ1v) is 8.10. The van der Waals surface area contributed by atoms with E-state index in [-0.39, 0.29) is 12.2 Å². The SMILES string of the molecule is CC1N=Cc2ccc(Br)cc2N1[C@H](C)c1cccc(Cl)c1. The summed E-state index contributed by atoms with van der Waals surface area (Å²) in [5, 5.41) is 0.766. The maximum Gasteiger partial charge on any atom is 0.118 e. The maximum atomic E-state index is 6.13. The number of nitrogens with zero attached hydrogens (tertiary/aromatic N) is 2. The second-order valence-electron chi connectivity index (χ2n) is 5.25. The van der Waals surface area contributed by atoms with Gasteiger partial charge < -0.3 is 4.90 Å². The quantitative estimate of drug-likeness (QED) is 0.693. The minimum Gasteiger partial charge on any atom is -0.342 e. The van der Waals surface area contributed by atoms with Crippen molar-refractivity contribution in [3.05, 3.63) is 63.1 Å². The highest BCUT2D eigenvalue weighted by molar-refractivity contribution is 9.10. The monoisotopic (exact) mass is 362 g/mol. The Labute approximate surface area is 138 Å². The fraction of sp³-hybridized carbons (Fsp3) is 0.235. The van der Waals surface area contributed by atoms with Gasteiger partial charge in [-0.2, -0.15) is 0 Å². The van der Waals surface area contributed by atoms with Crippen LogP contribution in [0.25, 0.3) is 0 Å². The van der Waals surface area contributed by atoms with Crippen LogP contribution in [0.1, 0.15) is 31.0 Å². The summed E-state index contributed by atoms with van der Waals surface area (Å²) in [6.07, 6.45) is 2.05. The van der Waals surface area contributed by atoms with Gasteiger partial charge in [0.05, 0.1) is 6.04 Å². The first kappa shape index (κ1) is 14.6. The average Bonchev–Trinajstić information content (AvgIpc) is 2.46. The second kappa shape index (κ2) is 5.82. The second-order valence-corrected chi connectivity index (χ2v) is 6.60. The Morgan fingerprint density at radius 2 is 2.05 bits per heavy atom. The van der Waals surface area contributed by atoms with Crippen LogP contribution >= 0.6 is 27.5 Å². The van der Waals surface area contributed by atoms with Crippen molar-refractivity contribution in [1.29, 1.82) is 0 Å². The van der Waals surface area contributed by atoms with E-state index in [1.165, 1.54) is 11.3 Å². The van der Waals surface area contributed by atoms with Crippen molar-refractivity contribution >= 4 is 39.4 Å². The highest BCUT2D eigenvalue weighted by Gasteiger charge is 2.26. The van der Waals surface area contributed by atoms with Crippen molar-refractivity contribution in [2.45, 2.75) is 26.1 Å². The molecule has 0 saturated heterocycles. The lowest BCUT2D eigenvalue weighted by molar-refractivity contribution is 0.578. The molecule has 0 aromatic heterocycles. The van der Waals surface area contributed by atoms with E-state index in [4.69, 9.17) is 11.6 Å². The van der Waals surface area contributed by atoms with Crippen molar-refractivity contribution in [2.75, 3.05) is 4.90 Å². The van der Waals surface area contributed by atoms with Gasteiger partial charge in [0.1, 0.15) is 6.17 Å². The molecule has 0 fully saturated rings. The molecule has 1 heterocycles. The zero-order valence-corrected chi connectivity index (χ0v) is 14.3. The Hall–Kier alpha value is -1.32. The third-order valence-electron chi connectivity index (χ3n) is 3.85. The van der Waals surface area contributed by atoms with Crippen LogP contribution in [0.5, 0.6) is 0 Å². The van der Waals surface area contributed by atoms with Gasteiger partial charge >= 0.3 is 0 Å². The molecule has 0 bridgehead atoms. The number of benzene rings is 2. The summed E-state index contributed by atoms with van der Waals surface area (Å²) in [7, 11) is 0. The van der Waals surface area contributed by atoms with Crippen molar-refractivity contribution in [3.8, 4) is 0 Å². The molecule has 1 aliphatic rings. The summed E-state index contributed by atoms with van der Waals surface area (Å²) in [6, 6.07) is 14.5. The van der Waals surface area contributed by atoms with Gasteiger partial charge in [-0.1, -0.05) is 45.7 Å². The first-order chi connectivity index (χ1) is 10.1. The molecule has 108 valence electrons. The van der Waals surface area contributed by atoms with Gasteiger partial charge in [0, 0.05) is 27.0 Å². The van der Waals surface area contributed by atoms with Crippen LogP contribution in [-0.2, 0) is 0 Å². The number of aliphatic imine (C=N–C) groups is 1. The topological polar surface area (TPSA) is 15.6 Å². The Morgan fingerprint density at radius 1 is 1.24 bits per heavy atom. The van der Waals surface area contributed by atoms with Gasteiger partial charge in [-0.15, -0.1) is 0 Å². The van der Waals surface area contributed by atoms with Crippen LogP contribution in [0.15, 0.2) is 51.9 Å². The predicted molar refractivity (Wildman–Crippen MR) is 93.5 cm³/mol. The van der Waals surface area contributed by atoms with Crippen LogP contribution in [0.3, 0.4) is 0 Å². The van der Waals surface area contributed by atoms with Gasteiger partial charge in [-0.05, 0) is 43.7 Å². The van der Waals surface area contributed by atoms with Gasteiger partial charge in [-0.25, -0.2) is 0 Å². The normalized spacial score (nSPS) is 18.5. The number of fused-ring (bicyclic) bond motifs is 1. The largest absolute Gasteiger partial charge is 0.342 e. The highest BCUT2D eigenvalue weighted by atomic mass is 79.9. The molecule has 2 nitrogen and oxygen atoms in total. The summed E-state index contributed by atoms with van der Waals surface area (Å²) < 4.78 is 1.08. The highest BCUT2D eigenvalue weighted by Crippen LogP contribution is 2.36. The van der Waals surface area contributed by atoms with Gasteiger partial charge in [-0.3, -0.25) is 4.99 Å². The Balaban J connectivity index is 2.05. The Kier molecular flexibility index (Phi) is 4.05. The summed E-state index contributed by atoms with van der Waals surface area (Å²) >= 11 is 9.70. The molecule has 21 heavy (non-hydrogen) atoms. The molecule has 0 saturated carbocycles. The van der Waals surface area contributed by atoms with Crippen molar-refractivity contribution in [1.82, 2.24) is 0 Å². The molecule has 0 N–H and O–H groups in total. The molecule has 0 radical (unpaired) electrons. The minimum absolute atomic E-state index is 0.0979. The average molecular weight is 364 g/mol. The van der Waals surface area contributed by atoms with Crippen molar-refractivity contribution in [3.63, 3.8) is 0 Å². The molecular formula is C17H16BrClN2. The number of hydrogen-bond acceptors (Lipinski definition) is 2. The lowest BCUT2D eigenvalue weighted by Gasteiger charge is -2.38. The van der Waals surface area contributed by atoms with Crippen LogP contribution in [-0.4, -0.2) is 12.4 Å². The molecule has 2 aromatic carbocycles. The van der Waals surface area contributed by atoms with E-state index in [1.807, 2.05) is 30.5 Å². The molecule has 0 aliphatic carbocycles. The zero-order valence-electron chi connectivity index (χ0n) is 11.9. The molecule has 3 rings (SSSR count). The van der Waals surface area contributed by atoms with Crippen molar-refractivity contribution < 1.29 is 0 Å². The third-order valence-corrected chi connectivity index (χ3v) is 4.58. The molecule has 2 atom stereocenters. The summed E-state index contributed by atoms with van der Waals surface area (Å²) in [5.41, 5.74) is 3.53. The fourth-order valence-corrected chi connectivity index (χ4v) is 3.32. The lowest BCUT2D eigenvalue weighted by Crippen LogP contribution is -2.37. The predicted octanol–water partition coefficient (Wildman–Crippen LogP) is 5.45. The summed E-state index contributed by atoms with van der Waals surface area (Å²) in [5.74, 6) is 0. The maximum absolute atomic E-state index is 6.13. The molecule has 1 unspecified atom stereocenters. The number of anilines is 1. The van der Waals surface area contributed by atoms with Crippen molar-refractivity contribution in [2.24, 2.45) is 4.99 Å². The first-order valence-electron chi connectivity index (χ1n) is 6.93. The number of halogens is 2. The van der Waals surface area contributed by atoms with Crippen LogP contribution in [0.4, 0.5) is 5.69 Å².